The summed E-state index contributed by atoms with van der Waals surface area (Å²) in [6.45, 7) is 1.68. The number of carboxylic acids is 1. The lowest BCUT2D eigenvalue weighted by molar-refractivity contribution is -0.144. The lowest BCUT2D eigenvalue weighted by Gasteiger charge is -2.26. The minimum Gasteiger partial charge on any atom is -0.480 e. The number of rotatable bonds is 5. The van der Waals surface area contributed by atoms with E-state index in [1.54, 1.807) is 19.1 Å². The molecule has 1 fully saturated rings. The molecule has 0 saturated heterocycles. The first-order valence-electron chi connectivity index (χ1n) is 5.75. The van der Waals surface area contributed by atoms with Crippen LogP contribution in [0.15, 0.2) is 24.3 Å². The summed E-state index contributed by atoms with van der Waals surface area (Å²) >= 11 is 0. The summed E-state index contributed by atoms with van der Waals surface area (Å²) in [5.41, 5.74) is -0.150. The Bertz CT molecular complexity index is 414. The third-order valence-corrected chi connectivity index (χ3v) is 3.04. The molecule has 0 aliphatic heterocycles. The van der Waals surface area contributed by atoms with Gasteiger partial charge >= 0.3 is 5.97 Å². The second-order valence-corrected chi connectivity index (χ2v) is 4.86. The van der Waals surface area contributed by atoms with E-state index < -0.39 is 11.5 Å². The zero-order valence-electron chi connectivity index (χ0n) is 9.74. The van der Waals surface area contributed by atoms with Crippen LogP contribution in [0, 0.1) is 5.82 Å². The summed E-state index contributed by atoms with van der Waals surface area (Å²) in [6, 6.07) is 6.29. The zero-order chi connectivity index (χ0) is 12.5. The molecule has 0 spiro atoms. The van der Waals surface area contributed by atoms with Gasteiger partial charge in [0.05, 0.1) is 0 Å². The minimum atomic E-state index is -0.973. The number of carboxylic acid groups (broad SMARTS) is 1. The summed E-state index contributed by atoms with van der Waals surface area (Å²) in [5.74, 6) is -1.17. The average Bonchev–Trinajstić information content (AvgIpc) is 3.05. The highest BCUT2D eigenvalue weighted by Crippen LogP contribution is 2.24. The van der Waals surface area contributed by atoms with E-state index >= 15 is 0 Å². The standard InChI is InChI=1S/C13H16FNO2/c1-13(12(16)17,15-11-6-7-11)8-9-2-4-10(14)5-3-9/h2-5,11,15H,6-8H2,1H3,(H,16,17). The van der Waals surface area contributed by atoms with Crippen molar-refractivity contribution in [3.05, 3.63) is 35.6 Å². The fourth-order valence-corrected chi connectivity index (χ4v) is 1.88. The van der Waals surface area contributed by atoms with E-state index in [-0.39, 0.29) is 5.82 Å². The van der Waals surface area contributed by atoms with Crippen molar-refractivity contribution in [2.75, 3.05) is 0 Å². The number of aliphatic carboxylic acids is 1. The number of nitrogens with one attached hydrogen (secondary N) is 1. The van der Waals surface area contributed by atoms with E-state index in [1.807, 2.05) is 0 Å². The molecule has 1 aromatic carbocycles. The monoisotopic (exact) mass is 237 g/mol. The Morgan fingerprint density at radius 1 is 1.47 bits per heavy atom. The van der Waals surface area contributed by atoms with Gasteiger partial charge < -0.3 is 5.11 Å². The van der Waals surface area contributed by atoms with Gasteiger partial charge in [0.1, 0.15) is 11.4 Å². The van der Waals surface area contributed by atoms with Crippen LogP contribution in [-0.2, 0) is 11.2 Å². The molecule has 0 amide bonds. The van der Waals surface area contributed by atoms with Gasteiger partial charge in [-0.3, -0.25) is 10.1 Å². The zero-order valence-corrected chi connectivity index (χ0v) is 9.74. The average molecular weight is 237 g/mol. The maximum Gasteiger partial charge on any atom is 0.323 e. The Morgan fingerprint density at radius 2 is 2.06 bits per heavy atom. The summed E-state index contributed by atoms with van der Waals surface area (Å²) in [5, 5.41) is 12.4. The molecule has 1 aliphatic rings. The predicted octanol–water partition coefficient (Wildman–Crippen LogP) is 1.96. The summed E-state index contributed by atoms with van der Waals surface area (Å²) < 4.78 is 12.8. The summed E-state index contributed by atoms with van der Waals surface area (Å²) in [7, 11) is 0. The van der Waals surface area contributed by atoms with Crippen molar-refractivity contribution < 1.29 is 14.3 Å². The molecule has 3 nitrogen and oxygen atoms in total. The van der Waals surface area contributed by atoms with Gasteiger partial charge in [0, 0.05) is 12.5 Å². The van der Waals surface area contributed by atoms with Crippen LogP contribution in [0.1, 0.15) is 25.3 Å². The van der Waals surface area contributed by atoms with E-state index in [1.165, 1.54) is 12.1 Å². The third-order valence-electron chi connectivity index (χ3n) is 3.04. The quantitative estimate of drug-likeness (QED) is 0.823. The molecule has 1 atom stereocenters. The summed E-state index contributed by atoms with van der Waals surface area (Å²) in [6.07, 6.45) is 2.43. The minimum absolute atomic E-state index is 0.305. The first kappa shape index (κ1) is 12.0. The maximum absolute atomic E-state index is 12.8. The van der Waals surface area contributed by atoms with Crippen LogP contribution in [0.5, 0.6) is 0 Å². The van der Waals surface area contributed by atoms with Crippen LogP contribution in [0.3, 0.4) is 0 Å². The lowest BCUT2D eigenvalue weighted by Crippen LogP contribution is -2.52. The Kier molecular flexibility index (Phi) is 3.15. The molecule has 1 aliphatic carbocycles. The highest BCUT2D eigenvalue weighted by Gasteiger charge is 2.38. The van der Waals surface area contributed by atoms with Gasteiger partial charge in [0.2, 0.25) is 0 Å². The Morgan fingerprint density at radius 3 is 2.53 bits per heavy atom. The molecule has 0 aromatic heterocycles. The highest BCUT2D eigenvalue weighted by atomic mass is 19.1. The molecule has 92 valence electrons. The molecule has 0 heterocycles. The van der Waals surface area contributed by atoms with Crippen molar-refractivity contribution in [1.82, 2.24) is 5.32 Å². The van der Waals surface area contributed by atoms with Crippen molar-refractivity contribution in [2.45, 2.75) is 37.8 Å². The van der Waals surface area contributed by atoms with Gasteiger partial charge in [-0.1, -0.05) is 12.1 Å². The topological polar surface area (TPSA) is 49.3 Å². The lowest BCUT2D eigenvalue weighted by atomic mass is 9.92. The first-order chi connectivity index (χ1) is 7.99. The molecule has 1 unspecified atom stereocenters. The van der Waals surface area contributed by atoms with Crippen LogP contribution >= 0.6 is 0 Å². The van der Waals surface area contributed by atoms with Crippen molar-refractivity contribution in [2.24, 2.45) is 0 Å². The smallest absolute Gasteiger partial charge is 0.323 e. The number of halogens is 1. The Balaban J connectivity index is 2.11. The van der Waals surface area contributed by atoms with Crippen LogP contribution in [-0.4, -0.2) is 22.7 Å². The molecule has 4 heteroatoms. The fourth-order valence-electron chi connectivity index (χ4n) is 1.88. The van der Waals surface area contributed by atoms with Crippen molar-refractivity contribution in [3.63, 3.8) is 0 Å². The first-order valence-corrected chi connectivity index (χ1v) is 5.75. The van der Waals surface area contributed by atoms with Gasteiger partial charge in [0.25, 0.3) is 0 Å². The van der Waals surface area contributed by atoms with E-state index in [4.69, 9.17) is 0 Å². The second-order valence-electron chi connectivity index (χ2n) is 4.86. The van der Waals surface area contributed by atoms with Gasteiger partial charge in [-0.25, -0.2) is 4.39 Å². The van der Waals surface area contributed by atoms with Crippen LogP contribution in [0.4, 0.5) is 4.39 Å². The van der Waals surface area contributed by atoms with Crippen LogP contribution < -0.4 is 5.32 Å². The molecule has 2 N–H and O–H groups in total. The largest absolute Gasteiger partial charge is 0.480 e. The SMILES string of the molecule is CC(Cc1ccc(F)cc1)(NC1CC1)C(=O)O. The number of hydrogen-bond acceptors (Lipinski definition) is 2. The van der Waals surface area contributed by atoms with E-state index in [0.29, 0.717) is 12.5 Å². The Labute approximate surface area is 99.7 Å². The molecule has 17 heavy (non-hydrogen) atoms. The Hall–Kier alpha value is -1.42. The van der Waals surface area contributed by atoms with E-state index in [2.05, 4.69) is 5.32 Å². The number of hydrogen-bond donors (Lipinski definition) is 2. The van der Waals surface area contributed by atoms with E-state index in [0.717, 1.165) is 18.4 Å². The molecule has 0 bridgehead atoms. The van der Waals surface area contributed by atoms with Gasteiger partial charge in [-0.15, -0.1) is 0 Å². The highest BCUT2D eigenvalue weighted by molar-refractivity contribution is 5.78. The molecular formula is C13H16FNO2. The molecular weight excluding hydrogens is 221 g/mol. The van der Waals surface area contributed by atoms with Crippen molar-refractivity contribution in [1.29, 1.82) is 0 Å². The van der Waals surface area contributed by atoms with Gasteiger partial charge in [0.15, 0.2) is 0 Å². The predicted molar refractivity (Wildman–Crippen MR) is 62.3 cm³/mol. The van der Waals surface area contributed by atoms with E-state index in [9.17, 15) is 14.3 Å². The van der Waals surface area contributed by atoms with Gasteiger partial charge in [-0.05, 0) is 37.5 Å². The maximum atomic E-state index is 12.8. The van der Waals surface area contributed by atoms with Crippen molar-refractivity contribution >= 4 is 5.97 Å². The molecule has 1 aromatic rings. The third kappa shape index (κ3) is 3.03. The summed E-state index contributed by atoms with van der Waals surface area (Å²) in [4.78, 5) is 11.3. The number of carbonyl (C=O) groups is 1. The molecule has 0 radical (unpaired) electrons. The van der Waals surface area contributed by atoms with Crippen molar-refractivity contribution in [3.8, 4) is 0 Å². The van der Waals surface area contributed by atoms with Crippen LogP contribution in [0.25, 0.3) is 0 Å². The second kappa shape index (κ2) is 4.45. The normalized spacial score (nSPS) is 18.7. The van der Waals surface area contributed by atoms with Crippen LogP contribution in [0.2, 0.25) is 0 Å². The molecule has 1 saturated carbocycles. The fraction of sp³-hybridized carbons (Fsp3) is 0.462. The number of benzene rings is 1. The van der Waals surface area contributed by atoms with Gasteiger partial charge in [-0.2, -0.15) is 0 Å². The molecule has 2 rings (SSSR count).